The maximum Gasteiger partial charge on any atom is 0.266 e. The maximum absolute atomic E-state index is 14.3. The molecule has 1 aliphatic rings. The number of amides is 1. The number of hydrazine groups is 1. The molecule has 240 valence electrons. The van der Waals surface area contributed by atoms with E-state index in [4.69, 9.17) is 31.2 Å². The van der Waals surface area contributed by atoms with E-state index in [1.807, 2.05) is 36.4 Å². The van der Waals surface area contributed by atoms with Gasteiger partial charge in [0.1, 0.15) is 5.75 Å². The Balaban J connectivity index is 1.51. The summed E-state index contributed by atoms with van der Waals surface area (Å²) in [4.78, 5) is 19.3. The predicted molar refractivity (Wildman–Crippen MR) is 180 cm³/mol. The first-order chi connectivity index (χ1) is 22.2. The Morgan fingerprint density at radius 2 is 1.74 bits per heavy atom. The number of hydrogen-bond donors (Lipinski definition) is 3. The van der Waals surface area contributed by atoms with E-state index in [0.717, 1.165) is 10.0 Å². The van der Waals surface area contributed by atoms with Crippen LogP contribution in [-0.4, -0.2) is 49.8 Å². The first-order valence-corrected chi connectivity index (χ1v) is 17.4. The van der Waals surface area contributed by atoms with Gasteiger partial charge in [-0.15, -0.1) is 0 Å². The Labute approximate surface area is 281 Å². The van der Waals surface area contributed by atoms with Gasteiger partial charge in [-0.25, -0.2) is 18.8 Å². The van der Waals surface area contributed by atoms with Crippen LogP contribution in [0.15, 0.2) is 117 Å². The molecule has 2 atom stereocenters. The van der Waals surface area contributed by atoms with Crippen molar-refractivity contribution in [2.75, 3.05) is 19.0 Å². The zero-order valence-electron chi connectivity index (χ0n) is 24.7. The van der Waals surface area contributed by atoms with Gasteiger partial charge in [-0.2, -0.15) is 0 Å². The summed E-state index contributed by atoms with van der Waals surface area (Å²) in [5.41, 5.74) is 6.13. The lowest BCUT2D eigenvalue weighted by molar-refractivity contribution is -0.130. The lowest BCUT2D eigenvalue weighted by Crippen LogP contribution is -2.53. The highest BCUT2D eigenvalue weighted by Gasteiger charge is 2.53. The third-order valence-electron chi connectivity index (χ3n) is 7.44. The summed E-state index contributed by atoms with van der Waals surface area (Å²) in [6, 6.07) is 29.7. The minimum Gasteiger partial charge on any atom is -0.494 e. The van der Waals surface area contributed by atoms with Gasteiger partial charge in [-0.3, -0.25) is 10.2 Å². The SMILES string of the molecule is O=C(NNCc1cccc(Cl)c1)[C@@]1(CCS(=O)(=O)c2ccccc2)N=C(c2ccc(OCCCO)cc2)O[C@H]1c1ccc(Br)cc1. The number of carbonyl (C=O) groups excluding carboxylic acids is 1. The van der Waals surface area contributed by atoms with Gasteiger partial charge in [0.15, 0.2) is 21.5 Å². The molecule has 1 heterocycles. The van der Waals surface area contributed by atoms with E-state index in [1.165, 1.54) is 12.1 Å². The summed E-state index contributed by atoms with van der Waals surface area (Å²) < 4.78 is 39.9. The number of halogens is 2. The van der Waals surface area contributed by atoms with E-state index in [0.29, 0.717) is 34.9 Å². The molecule has 5 rings (SSSR count). The van der Waals surface area contributed by atoms with Crippen LogP contribution in [0.2, 0.25) is 5.02 Å². The number of hydrogen-bond acceptors (Lipinski definition) is 8. The van der Waals surface area contributed by atoms with Crippen molar-refractivity contribution in [2.45, 2.75) is 35.9 Å². The van der Waals surface area contributed by atoms with Gasteiger partial charge < -0.3 is 14.6 Å². The Bertz CT molecular complexity index is 1770. The van der Waals surface area contributed by atoms with Crippen molar-refractivity contribution in [1.29, 1.82) is 0 Å². The number of benzene rings is 4. The van der Waals surface area contributed by atoms with Crippen molar-refractivity contribution >= 4 is 49.2 Å². The highest BCUT2D eigenvalue weighted by molar-refractivity contribution is 9.10. The summed E-state index contributed by atoms with van der Waals surface area (Å²) in [5, 5.41) is 9.61. The number of nitrogens with one attached hydrogen (secondary N) is 2. The summed E-state index contributed by atoms with van der Waals surface area (Å²) in [6.07, 6.45) is -0.613. The van der Waals surface area contributed by atoms with Crippen molar-refractivity contribution in [1.82, 2.24) is 10.9 Å². The molecule has 46 heavy (non-hydrogen) atoms. The van der Waals surface area contributed by atoms with Crippen LogP contribution in [0.3, 0.4) is 0 Å². The quantitative estimate of drug-likeness (QED) is 0.111. The van der Waals surface area contributed by atoms with Gasteiger partial charge in [-0.1, -0.05) is 70.0 Å². The Morgan fingerprint density at radius 3 is 2.43 bits per heavy atom. The largest absolute Gasteiger partial charge is 0.494 e. The zero-order valence-corrected chi connectivity index (χ0v) is 27.9. The van der Waals surface area contributed by atoms with E-state index in [-0.39, 0.29) is 36.1 Å². The molecule has 0 aromatic heterocycles. The third-order valence-corrected chi connectivity index (χ3v) is 9.94. The van der Waals surface area contributed by atoms with Crippen LogP contribution in [-0.2, 0) is 25.9 Å². The number of aliphatic imine (C=N–C) groups is 1. The summed E-state index contributed by atoms with van der Waals surface area (Å²) >= 11 is 9.59. The van der Waals surface area contributed by atoms with E-state index in [1.54, 1.807) is 54.6 Å². The second-order valence-electron chi connectivity index (χ2n) is 10.7. The lowest BCUT2D eigenvalue weighted by atomic mass is 9.85. The van der Waals surface area contributed by atoms with E-state index < -0.39 is 27.4 Å². The van der Waals surface area contributed by atoms with Gasteiger partial charge in [0.25, 0.3) is 5.91 Å². The minimum absolute atomic E-state index is 0.0261. The normalized spacial score (nSPS) is 17.6. The molecule has 0 spiro atoms. The van der Waals surface area contributed by atoms with Gasteiger partial charge >= 0.3 is 0 Å². The molecule has 0 aliphatic carbocycles. The molecule has 4 aromatic rings. The smallest absolute Gasteiger partial charge is 0.266 e. The van der Waals surface area contributed by atoms with Gasteiger partial charge in [0.2, 0.25) is 5.90 Å². The van der Waals surface area contributed by atoms with Crippen molar-refractivity contribution < 1.29 is 27.8 Å². The maximum atomic E-state index is 14.3. The topological polar surface area (TPSA) is 126 Å². The number of ether oxygens (including phenoxy) is 2. The fourth-order valence-electron chi connectivity index (χ4n) is 5.03. The fraction of sp³-hybridized carbons (Fsp3) is 0.235. The number of aliphatic hydroxyl groups is 1. The second-order valence-corrected chi connectivity index (χ2v) is 14.1. The molecule has 0 radical (unpaired) electrons. The van der Waals surface area contributed by atoms with Crippen molar-refractivity contribution in [3.8, 4) is 5.75 Å². The number of rotatable bonds is 14. The van der Waals surface area contributed by atoms with Crippen LogP contribution in [0.25, 0.3) is 0 Å². The molecule has 0 fully saturated rings. The molecule has 1 amide bonds. The highest BCUT2D eigenvalue weighted by Crippen LogP contribution is 2.43. The molecular formula is C34H33BrClN3O6S. The molecule has 0 bridgehead atoms. The van der Waals surface area contributed by atoms with Crippen LogP contribution >= 0.6 is 27.5 Å². The summed E-state index contributed by atoms with van der Waals surface area (Å²) in [7, 11) is -3.78. The first-order valence-electron chi connectivity index (χ1n) is 14.6. The monoisotopic (exact) mass is 725 g/mol. The minimum atomic E-state index is -3.78. The number of sulfone groups is 1. The van der Waals surface area contributed by atoms with Crippen molar-refractivity contribution in [3.63, 3.8) is 0 Å². The average molecular weight is 727 g/mol. The molecule has 0 unspecified atom stereocenters. The number of nitrogens with zero attached hydrogens (tertiary/aromatic N) is 1. The molecule has 12 heteroatoms. The van der Waals surface area contributed by atoms with Gasteiger partial charge in [0.05, 0.1) is 17.3 Å². The van der Waals surface area contributed by atoms with E-state index >= 15 is 0 Å². The van der Waals surface area contributed by atoms with Gasteiger partial charge in [-0.05, 0) is 71.8 Å². The van der Waals surface area contributed by atoms with Crippen LogP contribution in [0.5, 0.6) is 5.75 Å². The summed E-state index contributed by atoms with van der Waals surface area (Å²) in [5.74, 6) is -0.117. The van der Waals surface area contributed by atoms with Crippen LogP contribution < -0.4 is 15.6 Å². The third kappa shape index (κ3) is 8.15. The Kier molecular flexibility index (Phi) is 11.1. The molecule has 3 N–H and O–H groups in total. The molecular weight excluding hydrogens is 694 g/mol. The summed E-state index contributed by atoms with van der Waals surface area (Å²) in [6.45, 7) is 0.654. The Hall–Kier alpha value is -3.74. The van der Waals surface area contributed by atoms with Crippen LogP contribution in [0, 0.1) is 0 Å². The molecule has 0 saturated carbocycles. The number of aliphatic hydroxyl groups excluding tert-OH is 1. The first kappa shape index (κ1) is 33.6. The zero-order chi connectivity index (χ0) is 32.6. The van der Waals surface area contributed by atoms with E-state index in [2.05, 4.69) is 26.8 Å². The Morgan fingerprint density at radius 1 is 1.00 bits per heavy atom. The second kappa shape index (κ2) is 15.2. The lowest BCUT2D eigenvalue weighted by Gasteiger charge is -2.30. The number of carbonyl (C=O) groups is 1. The molecule has 1 aliphatic heterocycles. The molecule has 0 saturated heterocycles. The molecule has 4 aromatic carbocycles. The van der Waals surface area contributed by atoms with Crippen LogP contribution in [0.1, 0.15) is 35.6 Å². The standard InChI is InChI=1S/C34H33BrClN3O6S/c35-27-14-10-25(11-15-27)31-34(18-21-46(42,43)30-8-2-1-3-9-30,33(41)39-37-23-24-6-4-7-28(36)22-24)38-32(45-31)26-12-16-29(17-13-26)44-20-5-19-40/h1-4,6-17,22,31,37,40H,5,18-21,23H2,(H,39,41)/t31-,34-/m0/s1. The van der Waals surface area contributed by atoms with E-state index in [9.17, 15) is 13.2 Å². The fourth-order valence-corrected chi connectivity index (χ4v) is 6.89. The van der Waals surface area contributed by atoms with Gasteiger partial charge in [0, 0.05) is 41.1 Å². The van der Waals surface area contributed by atoms with Crippen molar-refractivity contribution in [2.24, 2.45) is 4.99 Å². The van der Waals surface area contributed by atoms with Crippen molar-refractivity contribution in [3.05, 3.63) is 129 Å². The average Bonchev–Trinajstić information content (AvgIpc) is 3.46. The molecule has 9 nitrogen and oxygen atoms in total. The highest BCUT2D eigenvalue weighted by atomic mass is 79.9. The van der Waals surface area contributed by atoms with Crippen LogP contribution in [0.4, 0.5) is 0 Å². The predicted octanol–water partition coefficient (Wildman–Crippen LogP) is 5.81.